The molecule has 0 amide bonds. The van der Waals surface area contributed by atoms with Crippen molar-refractivity contribution in [2.45, 2.75) is 124 Å². The first kappa shape index (κ1) is 30.9. The van der Waals surface area contributed by atoms with Crippen molar-refractivity contribution in [3.8, 4) is 0 Å². The van der Waals surface area contributed by atoms with E-state index in [1.54, 1.807) is 24.5 Å². The van der Waals surface area contributed by atoms with Crippen molar-refractivity contribution >= 4 is 26.5 Å². The fraction of sp³-hybridized carbons (Fsp3) is 0.688. The molecule has 1 aromatic rings. The Balaban J connectivity index is 2.55. The quantitative estimate of drug-likeness (QED) is 0.203. The van der Waals surface area contributed by atoms with Crippen molar-refractivity contribution in [3.05, 3.63) is 56.8 Å². The van der Waals surface area contributed by atoms with E-state index in [-0.39, 0.29) is 0 Å². The van der Waals surface area contributed by atoms with Crippen molar-refractivity contribution in [3.63, 3.8) is 0 Å². The molecule has 0 radical (unpaired) electrons. The zero-order valence-electron chi connectivity index (χ0n) is 24.8. The van der Waals surface area contributed by atoms with Gasteiger partial charge in [-0.25, -0.2) is 0 Å². The predicted octanol–water partition coefficient (Wildman–Crippen LogP) is 10.4. The average molecular weight is 603 g/mol. The molecular formula is C32H57NSiSn. The van der Waals surface area contributed by atoms with Gasteiger partial charge in [-0.3, -0.25) is 0 Å². The van der Waals surface area contributed by atoms with Crippen molar-refractivity contribution in [1.82, 2.24) is 4.90 Å². The van der Waals surface area contributed by atoms with E-state index >= 15 is 0 Å². The summed E-state index contributed by atoms with van der Waals surface area (Å²) < 4.78 is 7.73. The van der Waals surface area contributed by atoms with E-state index in [0.29, 0.717) is 11.1 Å². The van der Waals surface area contributed by atoms with E-state index in [4.69, 9.17) is 0 Å². The van der Waals surface area contributed by atoms with E-state index in [1.807, 2.05) is 0 Å². The fourth-order valence-corrected chi connectivity index (χ4v) is 22.3. The molecule has 0 aromatic heterocycles. The molecule has 0 aliphatic carbocycles. The van der Waals surface area contributed by atoms with E-state index < -0.39 is 26.5 Å². The Morgan fingerprint density at radius 2 is 1.34 bits per heavy atom. The van der Waals surface area contributed by atoms with Gasteiger partial charge in [0.1, 0.15) is 0 Å². The van der Waals surface area contributed by atoms with E-state index in [2.05, 4.69) is 107 Å². The van der Waals surface area contributed by atoms with E-state index in [0.717, 1.165) is 13.1 Å². The zero-order chi connectivity index (χ0) is 26.1. The Hall–Kier alpha value is -0.324. The van der Waals surface area contributed by atoms with Crippen LogP contribution in [-0.4, -0.2) is 44.4 Å². The number of hydrogen-bond acceptors (Lipinski definition) is 1. The van der Waals surface area contributed by atoms with Crippen LogP contribution in [0.2, 0.25) is 31.4 Å². The van der Waals surface area contributed by atoms with Gasteiger partial charge in [0.25, 0.3) is 0 Å². The second-order valence-electron chi connectivity index (χ2n) is 13.0. The molecular weight excluding hydrogens is 545 g/mol. The van der Waals surface area contributed by atoms with Crippen LogP contribution in [0, 0.1) is 0 Å². The van der Waals surface area contributed by atoms with Crippen LogP contribution >= 0.6 is 0 Å². The second kappa shape index (κ2) is 14.0. The predicted molar refractivity (Wildman–Crippen MR) is 165 cm³/mol. The minimum absolute atomic E-state index is 0.385. The van der Waals surface area contributed by atoms with Gasteiger partial charge in [0, 0.05) is 0 Å². The number of unbranched alkanes of at least 4 members (excludes halogenated alkanes) is 3. The maximum atomic E-state index is 3.03. The van der Waals surface area contributed by atoms with Crippen LogP contribution in [0.4, 0.5) is 0 Å². The molecule has 1 nitrogen and oxygen atoms in total. The Morgan fingerprint density at radius 1 is 0.857 bits per heavy atom. The van der Waals surface area contributed by atoms with Crippen LogP contribution in [0.15, 0.2) is 51.3 Å². The van der Waals surface area contributed by atoms with Gasteiger partial charge >= 0.3 is 226 Å². The molecule has 35 heavy (non-hydrogen) atoms. The molecule has 1 atom stereocenters. The van der Waals surface area contributed by atoms with Gasteiger partial charge in [0.2, 0.25) is 0 Å². The first-order valence-corrected chi connectivity index (χ1v) is 25.5. The fourth-order valence-electron chi connectivity index (χ4n) is 5.39. The zero-order valence-corrected chi connectivity index (χ0v) is 28.7. The second-order valence-corrected chi connectivity index (χ2v) is 31.1. The minimum atomic E-state index is -2.37. The number of likely N-dealkylation sites (tertiary alicyclic amines) is 1. The van der Waals surface area contributed by atoms with E-state index in [9.17, 15) is 0 Å². The molecule has 0 spiro atoms. The molecule has 0 saturated carbocycles. The van der Waals surface area contributed by atoms with Gasteiger partial charge in [0.05, 0.1) is 0 Å². The summed E-state index contributed by atoms with van der Waals surface area (Å²) in [5, 5.41) is 0.385. The third-order valence-corrected chi connectivity index (χ3v) is 28.3. The molecule has 2 rings (SSSR count). The van der Waals surface area contributed by atoms with Gasteiger partial charge in [-0.1, -0.05) is 0 Å². The van der Waals surface area contributed by atoms with Gasteiger partial charge in [-0.15, -0.1) is 0 Å². The normalized spacial score (nSPS) is 19.1. The Morgan fingerprint density at radius 3 is 1.80 bits per heavy atom. The van der Waals surface area contributed by atoms with Crippen LogP contribution in [0.3, 0.4) is 0 Å². The summed E-state index contributed by atoms with van der Waals surface area (Å²) in [6.45, 7) is 24.5. The Bertz CT molecular complexity index is 796. The molecule has 198 valence electrons. The van der Waals surface area contributed by atoms with Crippen LogP contribution < -0.4 is 0 Å². The van der Waals surface area contributed by atoms with Crippen LogP contribution in [0.25, 0.3) is 0 Å². The summed E-state index contributed by atoms with van der Waals surface area (Å²) >= 11 is -2.37. The summed E-state index contributed by atoms with van der Waals surface area (Å²) in [6.07, 6.45) is 8.38. The standard InChI is InChI=1S/C20H30NSi.3C4H9.Sn/c1-16-13-21(17(2)18-11-9-8-10-12-18)14-19(16)15-22(6,7)20(3,4)5;3*1-3-4-2;/h1,8-12,15,17H,13-14H2,2-7H3;3*1,3-4H2,2H3;/b16-1?,19-15+;;;;/t17-;;;;/m1..../s1. The molecule has 1 aromatic carbocycles. The number of hydrogen-bond donors (Lipinski definition) is 0. The maximum absolute atomic E-state index is 3.03. The summed E-state index contributed by atoms with van der Waals surface area (Å²) in [7, 11) is -1.51. The number of benzene rings is 1. The van der Waals surface area contributed by atoms with Crippen LogP contribution in [0.1, 0.15) is 98.6 Å². The van der Waals surface area contributed by atoms with Crippen molar-refractivity contribution in [1.29, 1.82) is 0 Å². The van der Waals surface area contributed by atoms with Gasteiger partial charge in [-0.05, 0) is 0 Å². The van der Waals surface area contributed by atoms with Crippen molar-refractivity contribution in [2.75, 3.05) is 13.1 Å². The third kappa shape index (κ3) is 8.88. The average Bonchev–Trinajstić information content (AvgIpc) is 3.20. The molecule has 3 heteroatoms. The van der Waals surface area contributed by atoms with Gasteiger partial charge in [-0.2, -0.15) is 0 Å². The molecule has 0 unspecified atom stereocenters. The van der Waals surface area contributed by atoms with Crippen LogP contribution in [0.5, 0.6) is 0 Å². The first-order valence-electron chi connectivity index (χ1n) is 14.7. The summed E-state index contributed by atoms with van der Waals surface area (Å²) in [5.41, 5.74) is 7.71. The monoisotopic (exact) mass is 603 g/mol. The molecule has 0 bridgehead atoms. The molecule has 0 N–H and O–H groups in total. The molecule has 1 heterocycles. The number of nitrogens with zero attached hydrogens (tertiary/aromatic N) is 1. The van der Waals surface area contributed by atoms with E-state index in [1.165, 1.54) is 44.1 Å². The molecule has 1 fully saturated rings. The molecule has 1 aliphatic heterocycles. The summed E-state index contributed by atoms with van der Waals surface area (Å²) in [4.78, 5) is 2.76. The third-order valence-electron chi connectivity index (χ3n) is 9.02. The van der Waals surface area contributed by atoms with Gasteiger partial charge < -0.3 is 0 Å². The SMILES string of the molecule is CCC[CH2][Sn](/[CH]=C1\CN([C@H](C)c2ccccc2)C\C1=C/[Si](C)(C)C(C)(C)C)([CH2]CCC)[CH2]CCC. The molecule has 1 saturated heterocycles. The van der Waals surface area contributed by atoms with Gasteiger partial charge in [0.15, 0.2) is 0 Å². The Labute approximate surface area is 224 Å². The van der Waals surface area contributed by atoms with Crippen molar-refractivity contribution < 1.29 is 0 Å². The first-order chi connectivity index (χ1) is 16.5. The summed E-state index contributed by atoms with van der Waals surface area (Å²) in [6, 6.07) is 11.6. The Kier molecular flexibility index (Phi) is 12.4. The topological polar surface area (TPSA) is 3.24 Å². The van der Waals surface area contributed by atoms with Crippen LogP contribution in [-0.2, 0) is 0 Å². The summed E-state index contributed by atoms with van der Waals surface area (Å²) in [5.74, 6) is 0. The molecule has 1 aliphatic rings. The number of rotatable bonds is 13. The van der Waals surface area contributed by atoms with Crippen molar-refractivity contribution in [2.24, 2.45) is 0 Å².